The molecule has 5 rings (SSSR count). The highest BCUT2D eigenvalue weighted by Gasteiger charge is 2.34. The fraction of sp³-hybridized carbons (Fsp3) is 0.320. The van der Waals surface area contributed by atoms with Gasteiger partial charge in [0.1, 0.15) is 18.2 Å². The van der Waals surface area contributed by atoms with Gasteiger partial charge in [-0.2, -0.15) is 0 Å². The van der Waals surface area contributed by atoms with Gasteiger partial charge in [0.25, 0.3) is 5.91 Å². The number of nitrogens with zero attached hydrogens (tertiary/aromatic N) is 2. The molecule has 1 aromatic heterocycles. The number of aromatic nitrogens is 1. The van der Waals surface area contributed by atoms with Crippen molar-refractivity contribution in [3.8, 4) is 21.9 Å². The average Bonchev–Trinajstić information content (AvgIpc) is 3.11. The summed E-state index contributed by atoms with van der Waals surface area (Å²) in [6.45, 7) is 4.73. The van der Waals surface area contributed by atoms with Gasteiger partial charge in [0.2, 0.25) is 0 Å². The maximum Gasteiger partial charge on any atom is 0.256 e. The summed E-state index contributed by atoms with van der Waals surface area (Å²) in [4.78, 5) is 31.2. The minimum absolute atomic E-state index is 0.0139. The highest BCUT2D eigenvalue weighted by atomic mass is 32.1. The van der Waals surface area contributed by atoms with E-state index in [0.29, 0.717) is 24.4 Å². The molecule has 34 heavy (non-hydrogen) atoms. The van der Waals surface area contributed by atoms with E-state index < -0.39 is 17.5 Å². The topological polar surface area (TPSA) is 68.7 Å². The predicted molar refractivity (Wildman–Crippen MR) is 122 cm³/mol. The van der Waals surface area contributed by atoms with E-state index in [-0.39, 0.29) is 42.6 Å². The van der Waals surface area contributed by atoms with Crippen LogP contribution in [0.1, 0.15) is 26.6 Å². The number of carbonyl (C=O) groups excluding carboxylic acids is 2. The highest BCUT2D eigenvalue weighted by Crippen LogP contribution is 2.33. The summed E-state index contributed by atoms with van der Waals surface area (Å²) < 4.78 is 39.9. The summed E-state index contributed by atoms with van der Waals surface area (Å²) in [6, 6.07) is 7.42. The molecule has 3 aromatic rings. The number of ether oxygens (including phenoxy) is 2. The lowest BCUT2D eigenvalue weighted by Gasteiger charge is -2.39. The number of amides is 1. The molecule has 0 aliphatic carbocycles. The molecule has 2 aliphatic rings. The number of hydrogen-bond donors (Lipinski definition) is 0. The Morgan fingerprint density at radius 1 is 1.21 bits per heavy atom. The number of Topliss-reactive ketones (excluding diaryl/α,β-unsaturated/α-hetero) is 1. The Kier molecular flexibility index (Phi) is 5.81. The second-order valence-electron chi connectivity index (χ2n) is 8.62. The van der Waals surface area contributed by atoms with Crippen LogP contribution in [0.4, 0.5) is 8.78 Å². The molecule has 1 amide bonds. The first-order valence-electron chi connectivity index (χ1n) is 10.9. The van der Waals surface area contributed by atoms with Crippen molar-refractivity contribution in [3.63, 3.8) is 0 Å². The summed E-state index contributed by atoms with van der Waals surface area (Å²) in [5.41, 5.74) is 2.06. The second-order valence-corrected chi connectivity index (χ2v) is 9.83. The molecule has 176 valence electrons. The molecular formula is C25H22F2N2O4S. The molecule has 2 aromatic carbocycles. The van der Waals surface area contributed by atoms with Crippen molar-refractivity contribution in [2.24, 2.45) is 5.92 Å². The van der Waals surface area contributed by atoms with Crippen LogP contribution in [0.3, 0.4) is 0 Å². The van der Waals surface area contributed by atoms with Crippen LogP contribution in [0.2, 0.25) is 0 Å². The summed E-state index contributed by atoms with van der Waals surface area (Å²) in [7, 11) is 0. The van der Waals surface area contributed by atoms with Gasteiger partial charge in [0.15, 0.2) is 17.3 Å². The molecule has 1 fully saturated rings. The Morgan fingerprint density at radius 3 is 2.71 bits per heavy atom. The number of aryl methyl sites for hydroxylation is 2. The number of likely N-dealkylation sites (tertiary alicyclic amines) is 1. The first-order valence-corrected chi connectivity index (χ1v) is 11.7. The minimum Gasteiger partial charge on any atom is -0.490 e. The standard InChI is InChI=1S/C25H22F2N2O4S/c1-13-24(34-14(2)28-13)16-3-4-22(21(27)7-16)32-11-15-9-29(10-15)25(31)19-6-17-5-18(30)12-33-23(17)8-20(19)26/h3-4,6-8,15H,5,9-12H2,1-2H3. The van der Waals surface area contributed by atoms with Crippen LogP contribution >= 0.6 is 11.3 Å². The van der Waals surface area contributed by atoms with Crippen LogP contribution in [0, 0.1) is 31.4 Å². The number of carbonyl (C=O) groups is 2. The van der Waals surface area contributed by atoms with Crippen LogP contribution in [-0.4, -0.2) is 47.9 Å². The number of rotatable bonds is 5. The Hall–Kier alpha value is -3.33. The Labute approximate surface area is 199 Å². The molecule has 2 aliphatic heterocycles. The highest BCUT2D eigenvalue weighted by molar-refractivity contribution is 7.15. The Bertz CT molecular complexity index is 1300. The van der Waals surface area contributed by atoms with Crippen molar-refractivity contribution in [1.29, 1.82) is 0 Å². The summed E-state index contributed by atoms with van der Waals surface area (Å²) in [5.74, 6) is -1.22. The zero-order chi connectivity index (χ0) is 24.0. The summed E-state index contributed by atoms with van der Waals surface area (Å²) in [5, 5.41) is 0.925. The maximum atomic E-state index is 14.6. The molecule has 0 N–H and O–H groups in total. The number of halogens is 2. The van der Waals surface area contributed by atoms with Gasteiger partial charge in [-0.15, -0.1) is 11.3 Å². The van der Waals surface area contributed by atoms with Crippen molar-refractivity contribution >= 4 is 23.0 Å². The first kappa shape index (κ1) is 22.5. The van der Waals surface area contributed by atoms with E-state index in [2.05, 4.69) is 4.98 Å². The molecule has 0 spiro atoms. The zero-order valence-electron chi connectivity index (χ0n) is 18.7. The van der Waals surface area contributed by atoms with E-state index in [1.165, 1.54) is 28.4 Å². The Balaban J connectivity index is 1.18. The molecule has 9 heteroatoms. The zero-order valence-corrected chi connectivity index (χ0v) is 19.5. The van der Waals surface area contributed by atoms with Gasteiger partial charge in [-0.3, -0.25) is 9.59 Å². The van der Waals surface area contributed by atoms with Crippen LogP contribution in [0.5, 0.6) is 11.5 Å². The van der Waals surface area contributed by atoms with Gasteiger partial charge in [0.05, 0.1) is 27.7 Å². The van der Waals surface area contributed by atoms with Crippen molar-refractivity contribution in [1.82, 2.24) is 9.88 Å². The minimum atomic E-state index is -0.675. The molecule has 0 saturated carbocycles. The van der Waals surface area contributed by atoms with E-state index in [1.807, 2.05) is 19.9 Å². The second kappa shape index (κ2) is 8.79. The van der Waals surface area contributed by atoms with E-state index in [0.717, 1.165) is 27.2 Å². The number of fused-ring (bicyclic) bond motifs is 1. The number of ketones is 1. The number of hydrogen-bond acceptors (Lipinski definition) is 6. The largest absolute Gasteiger partial charge is 0.490 e. The third-order valence-corrected chi connectivity index (χ3v) is 7.10. The van der Waals surface area contributed by atoms with Gasteiger partial charge >= 0.3 is 0 Å². The third kappa shape index (κ3) is 4.27. The van der Waals surface area contributed by atoms with Gasteiger partial charge in [-0.1, -0.05) is 0 Å². The third-order valence-electron chi connectivity index (χ3n) is 5.97. The van der Waals surface area contributed by atoms with Crippen molar-refractivity contribution in [2.45, 2.75) is 20.3 Å². The molecule has 6 nitrogen and oxygen atoms in total. The molecule has 0 atom stereocenters. The van der Waals surface area contributed by atoms with Crippen LogP contribution in [0.15, 0.2) is 30.3 Å². The number of benzene rings is 2. The fourth-order valence-corrected chi connectivity index (χ4v) is 5.15. The molecular weight excluding hydrogens is 462 g/mol. The van der Waals surface area contributed by atoms with E-state index in [9.17, 15) is 18.4 Å². The predicted octanol–water partition coefficient (Wildman–Crippen LogP) is 4.36. The molecule has 3 heterocycles. The lowest BCUT2D eigenvalue weighted by molar-refractivity contribution is -0.121. The van der Waals surface area contributed by atoms with E-state index in [1.54, 1.807) is 6.07 Å². The summed E-state index contributed by atoms with van der Waals surface area (Å²) >= 11 is 1.52. The Morgan fingerprint density at radius 2 is 2.00 bits per heavy atom. The van der Waals surface area contributed by atoms with Crippen LogP contribution in [-0.2, 0) is 11.2 Å². The van der Waals surface area contributed by atoms with Crippen molar-refractivity contribution in [2.75, 3.05) is 26.3 Å². The normalized spacial score (nSPS) is 15.5. The SMILES string of the molecule is Cc1nc(C)c(-c2ccc(OCC3CN(C(=O)c4cc5c(cc4F)OCC(=O)C5)C3)c(F)c2)s1. The lowest BCUT2D eigenvalue weighted by Crippen LogP contribution is -2.52. The van der Waals surface area contributed by atoms with Gasteiger partial charge in [-0.25, -0.2) is 13.8 Å². The molecule has 0 unspecified atom stereocenters. The number of thiazole rings is 1. The van der Waals surface area contributed by atoms with E-state index >= 15 is 0 Å². The molecule has 0 radical (unpaired) electrons. The maximum absolute atomic E-state index is 14.6. The van der Waals surface area contributed by atoms with Crippen molar-refractivity contribution < 1.29 is 27.8 Å². The van der Waals surface area contributed by atoms with Crippen LogP contribution < -0.4 is 9.47 Å². The molecule has 0 bridgehead atoms. The smallest absolute Gasteiger partial charge is 0.256 e. The first-order chi connectivity index (χ1) is 16.3. The van der Waals surface area contributed by atoms with Gasteiger partial charge < -0.3 is 14.4 Å². The van der Waals surface area contributed by atoms with Crippen molar-refractivity contribution in [3.05, 3.63) is 63.8 Å². The lowest BCUT2D eigenvalue weighted by atomic mass is 9.97. The van der Waals surface area contributed by atoms with E-state index in [4.69, 9.17) is 9.47 Å². The average molecular weight is 485 g/mol. The molecule has 1 saturated heterocycles. The van der Waals surface area contributed by atoms with Gasteiger partial charge in [0, 0.05) is 37.1 Å². The monoisotopic (exact) mass is 484 g/mol. The summed E-state index contributed by atoms with van der Waals surface area (Å²) in [6.07, 6.45) is 0.124. The van der Waals surface area contributed by atoms with Crippen LogP contribution in [0.25, 0.3) is 10.4 Å². The fourth-order valence-electron chi connectivity index (χ4n) is 4.24. The van der Waals surface area contributed by atoms with Gasteiger partial charge in [-0.05, 0) is 43.7 Å². The quantitative estimate of drug-likeness (QED) is 0.538.